The molecule has 0 radical (unpaired) electrons. The zero-order valence-electron chi connectivity index (χ0n) is 9.22. The summed E-state index contributed by atoms with van der Waals surface area (Å²) in [6.07, 6.45) is 0. The van der Waals surface area contributed by atoms with E-state index in [9.17, 15) is 4.79 Å². The number of benzene rings is 1. The molecule has 0 amide bonds. The first-order valence-electron chi connectivity index (χ1n) is 5.06. The van der Waals surface area contributed by atoms with Gasteiger partial charge in [0.1, 0.15) is 4.88 Å². The Hall–Kier alpha value is -1.17. The van der Waals surface area contributed by atoms with Crippen molar-refractivity contribution in [3.63, 3.8) is 0 Å². The van der Waals surface area contributed by atoms with Gasteiger partial charge < -0.3 is 10.8 Å². The SMILES string of the molecule is Nc1cccc(Cl)c1SCc1ccc(C(=O)O)s1. The molecule has 6 heteroatoms. The molecule has 2 rings (SSSR count). The Morgan fingerprint density at radius 1 is 1.39 bits per heavy atom. The normalized spacial score (nSPS) is 10.5. The summed E-state index contributed by atoms with van der Waals surface area (Å²) in [6, 6.07) is 8.81. The van der Waals surface area contributed by atoms with E-state index in [0.717, 1.165) is 9.77 Å². The van der Waals surface area contributed by atoms with Gasteiger partial charge in [0.2, 0.25) is 0 Å². The molecule has 0 fully saturated rings. The lowest BCUT2D eigenvalue weighted by Crippen LogP contribution is -1.90. The van der Waals surface area contributed by atoms with Crippen LogP contribution >= 0.6 is 34.7 Å². The first-order valence-corrected chi connectivity index (χ1v) is 7.24. The van der Waals surface area contributed by atoms with Gasteiger partial charge in [-0.25, -0.2) is 4.79 Å². The van der Waals surface area contributed by atoms with E-state index in [4.69, 9.17) is 22.4 Å². The second-order valence-corrected chi connectivity index (χ2v) is 6.08. The van der Waals surface area contributed by atoms with Crippen LogP contribution in [0, 0.1) is 0 Å². The zero-order chi connectivity index (χ0) is 13.1. The number of thiophene rings is 1. The van der Waals surface area contributed by atoms with Crippen molar-refractivity contribution in [2.75, 3.05) is 5.73 Å². The molecule has 0 aliphatic heterocycles. The monoisotopic (exact) mass is 299 g/mol. The van der Waals surface area contributed by atoms with Crippen molar-refractivity contribution >= 4 is 46.4 Å². The molecule has 94 valence electrons. The first-order chi connectivity index (χ1) is 8.58. The van der Waals surface area contributed by atoms with Crippen LogP contribution in [-0.2, 0) is 5.75 Å². The first kappa shape index (κ1) is 13.3. The number of halogens is 1. The van der Waals surface area contributed by atoms with Crippen LogP contribution in [-0.4, -0.2) is 11.1 Å². The number of thioether (sulfide) groups is 1. The van der Waals surface area contributed by atoms with E-state index in [1.54, 1.807) is 24.3 Å². The molecule has 0 unspecified atom stereocenters. The summed E-state index contributed by atoms with van der Waals surface area (Å²) in [5, 5.41) is 9.45. The maximum Gasteiger partial charge on any atom is 0.345 e. The van der Waals surface area contributed by atoms with Crippen LogP contribution < -0.4 is 5.73 Å². The third kappa shape index (κ3) is 2.98. The number of nitrogen functional groups attached to an aromatic ring is 1. The van der Waals surface area contributed by atoms with Gasteiger partial charge in [0.15, 0.2) is 0 Å². The number of carboxylic acid groups (broad SMARTS) is 1. The topological polar surface area (TPSA) is 63.3 Å². The van der Waals surface area contributed by atoms with Gasteiger partial charge in [-0.2, -0.15) is 0 Å². The Morgan fingerprint density at radius 2 is 2.17 bits per heavy atom. The highest BCUT2D eigenvalue weighted by molar-refractivity contribution is 7.99. The Balaban J connectivity index is 2.09. The van der Waals surface area contributed by atoms with Gasteiger partial charge in [-0.15, -0.1) is 23.1 Å². The molecule has 18 heavy (non-hydrogen) atoms. The molecule has 3 nitrogen and oxygen atoms in total. The van der Waals surface area contributed by atoms with Crippen molar-refractivity contribution in [2.24, 2.45) is 0 Å². The number of hydrogen-bond donors (Lipinski definition) is 2. The van der Waals surface area contributed by atoms with Gasteiger partial charge >= 0.3 is 5.97 Å². The maximum absolute atomic E-state index is 10.8. The smallest absolute Gasteiger partial charge is 0.345 e. The lowest BCUT2D eigenvalue weighted by Gasteiger charge is -2.06. The third-order valence-electron chi connectivity index (χ3n) is 2.23. The molecular formula is C12H10ClNO2S2. The largest absolute Gasteiger partial charge is 0.477 e. The van der Waals surface area contributed by atoms with E-state index < -0.39 is 5.97 Å². The van der Waals surface area contributed by atoms with Crippen molar-refractivity contribution in [1.82, 2.24) is 0 Å². The summed E-state index contributed by atoms with van der Waals surface area (Å²) in [4.78, 5) is 12.9. The molecule has 0 aliphatic carbocycles. The molecule has 1 heterocycles. The number of anilines is 1. The number of carbonyl (C=O) groups is 1. The van der Waals surface area contributed by atoms with E-state index in [-0.39, 0.29) is 0 Å². The van der Waals surface area contributed by atoms with E-state index in [0.29, 0.717) is 21.3 Å². The molecule has 2 aromatic rings. The highest BCUT2D eigenvalue weighted by atomic mass is 35.5. The van der Waals surface area contributed by atoms with Gasteiger partial charge in [-0.05, 0) is 24.3 Å². The van der Waals surface area contributed by atoms with Crippen LogP contribution in [0.3, 0.4) is 0 Å². The minimum atomic E-state index is -0.895. The third-order valence-corrected chi connectivity index (χ3v) is 5.11. The molecule has 0 saturated carbocycles. The van der Waals surface area contributed by atoms with Crippen LogP contribution in [0.25, 0.3) is 0 Å². The highest BCUT2D eigenvalue weighted by Crippen LogP contribution is 2.35. The molecule has 0 bridgehead atoms. The van der Waals surface area contributed by atoms with Crippen LogP contribution in [0.5, 0.6) is 0 Å². The summed E-state index contributed by atoms with van der Waals surface area (Å²) in [5.41, 5.74) is 6.48. The fraction of sp³-hybridized carbons (Fsp3) is 0.0833. The lowest BCUT2D eigenvalue weighted by molar-refractivity contribution is 0.0702. The Bertz CT molecular complexity index is 563. The van der Waals surface area contributed by atoms with Gasteiger partial charge in [-0.3, -0.25) is 0 Å². The predicted molar refractivity (Wildman–Crippen MR) is 76.7 cm³/mol. The molecule has 0 atom stereocenters. The van der Waals surface area contributed by atoms with Gasteiger partial charge in [0.25, 0.3) is 0 Å². The maximum atomic E-state index is 10.8. The lowest BCUT2D eigenvalue weighted by atomic mass is 10.3. The predicted octanol–water partition coefficient (Wildman–Crippen LogP) is 3.97. The van der Waals surface area contributed by atoms with Crippen molar-refractivity contribution < 1.29 is 9.90 Å². The molecule has 0 spiro atoms. The number of hydrogen-bond acceptors (Lipinski definition) is 4. The zero-order valence-corrected chi connectivity index (χ0v) is 11.6. The minimum absolute atomic E-state index is 0.345. The van der Waals surface area contributed by atoms with Crippen LogP contribution in [0.4, 0.5) is 5.69 Å². The number of rotatable bonds is 4. The minimum Gasteiger partial charge on any atom is -0.477 e. The van der Waals surface area contributed by atoms with E-state index >= 15 is 0 Å². The number of carboxylic acids is 1. The fourth-order valence-electron chi connectivity index (χ4n) is 1.39. The number of nitrogens with two attached hydrogens (primary N) is 1. The molecule has 1 aromatic heterocycles. The van der Waals surface area contributed by atoms with Crippen molar-refractivity contribution in [3.8, 4) is 0 Å². The Labute approximate surface area is 118 Å². The number of aromatic carboxylic acids is 1. The Morgan fingerprint density at radius 3 is 2.78 bits per heavy atom. The average Bonchev–Trinajstić information content (AvgIpc) is 2.77. The second kappa shape index (κ2) is 5.65. The van der Waals surface area contributed by atoms with Crippen molar-refractivity contribution in [3.05, 3.63) is 45.1 Å². The Kier molecular flexibility index (Phi) is 4.16. The summed E-state index contributed by atoms with van der Waals surface area (Å²) < 4.78 is 0. The van der Waals surface area contributed by atoms with E-state index in [1.807, 2.05) is 6.07 Å². The summed E-state index contributed by atoms with van der Waals surface area (Å²) in [5.74, 6) is -0.236. The second-order valence-electron chi connectivity index (χ2n) is 3.52. The molecule has 1 aromatic carbocycles. The van der Waals surface area contributed by atoms with Crippen LogP contribution in [0.2, 0.25) is 5.02 Å². The van der Waals surface area contributed by atoms with E-state index in [2.05, 4.69) is 0 Å². The van der Waals surface area contributed by atoms with Crippen LogP contribution in [0.15, 0.2) is 35.2 Å². The summed E-state index contributed by atoms with van der Waals surface area (Å²) >= 11 is 8.84. The van der Waals surface area contributed by atoms with Crippen molar-refractivity contribution in [2.45, 2.75) is 10.6 Å². The average molecular weight is 300 g/mol. The van der Waals surface area contributed by atoms with Crippen LogP contribution in [0.1, 0.15) is 14.5 Å². The molecule has 0 saturated heterocycles. The standard InChI is InChI=1S/C12H10ClNO2S2/c13-8-2-1-3-9(14)11(8)17-6-7-4-5-10(18-7)12(15)16/h1-5H,6,14H2,(H,15,16). The molecular weight excluding hydrogens is 290 g/mol. The summed E-state index contributed by atoms with van der Waals surface area (Å²) in [6.45, 7) is 0. The molecule has 0 aliphatic rings. The van der Waals surface area contributed by atoms with Gasteiger partial charge in [0.05, 0.1) is 5.02 Å². The summed E-state index contributed by atoms with van der Waals surface area (Å²) in [7, 11) is 0. The van der Waals surface area contributed by atoms with Crippen molar-refractivity contribution in [1.29, 1.82) is 0 Å². The molecule has 3 N–H and O–H groups in total. The van der Waals surface area contributed by atoms with Gasteiger partial charge in [0, 0.05) is 21.2 Å². The quantitative estimate of drug-likeness (QED) is 0.662. The highest BCUT2D eigenvalue weighted by Gasteiger charge is 2.09. The van der Waals surface area contributed by atoms with E-state index in [1.165, 1.54) is 23.1 Å². The van der Waals surface area contributed by atoms with Gasteiger partial charge in [-0.1, -0.05) is 17.7 Å². The fourth-order valence-corrected chi connectivity index (χ4v) is 3.61.